The van der Waals surface area contributed by atoms with Gasteiger partial charge in [0.05, 0.1) is 0 Å². The number of amides is 1. The van der Waals surface area contributed by atoms with E-state index in [0.717, 1.165) is 0 Å². The summed E-state index contributed by atoms with van der Waals surface area (Å²) in [7, 11) is 1.52. The highest BCUT2D eigenvalue weighted by Crippen LogP contribution is 2.06. The molecular weight excluding hydrogens is 192 g/mol. The number of hydrogen-bond acceptors (Lipinski definition) is 2. The summed E-state index contributed by atoms with van der Waals surface area (Å²) in [4.78, 5) is 25.9. The number of pyridine rings is 1. The molecule has 2 rings (SSSR count). The van der Waals surface area contributed by atoms with Gasteiger partial charge in [0, 0.05) is 24.0 Å². The number of carbonyl (C=O) groups is 1. The number of aromatic amines is 1. The lowest BCUT2D eigenvalue weighted by atomic mass is 10.2. The lowest BCUT2D eigenvalue weighted by molar-refractivity contribution is 0.0958. The molecule has 2 aromatic rings. The van der Waals surface area contributed by atoms with Crippen molar-refractivity contribution in [2.45, 2.75) is 0 Å². The molecule has 0 aliphatic rings. The molecule has 4 heteroatoms. The molecule has 1 amide bonds. The van der Waals surface area contributed by atoms with Crippen molar-refractivity contribution in [1.29, 1.82) is 0 Å². The van der Waals surface area contributed by atoms with Gasteiger partial charge in [0.1, 0.15) is 5.69 Å². The van der Waals surface area contributed by atoms with Gasteiger partial charge in [0.2, 0.25) is 0 Å². The minimum Gasteiger partial charge on any atom is -0.354 e. The molecule has 0 aliphatic heterocycles. The van der Waals surface area contributed by atoms with Crippen LogP contribution < -0.4 is 10.7 Å². The van der Waals surface area contributed by atoms with E-state index in [9.17, 15) is 9.59 Å². The first-order valence-corrected chi connectivity index (χ1v) is 4.56. The quantitative estimate of drug-likeness (QED) is 0.721. The largest absolute Gasteiger partial charge is 0.354 e. The van der Waals surface area contributed by atoms with Gasteiger partial charge in [-0.05, 0) is 12.1 Å². The predicted octanol–water partition coefficient (Wildman–Crippen LogP) is 0.888. The highest BCUT2D eigenvalue weighted by Gasteiger charge is 2.06. The van der Waals surface area contributed by atoms with Crippen LogP contribution in [0, 0.1) is 0 Å². The van der Waals surface area contributed by atoms with Gasteiger partial charge in [-0.25, -0.2) is 0 Å². The first kappa shape index (κ1) is 9.45. The van der Waals surface area contributed by atoms with Crippen molar-refractivity contribution in [3.05, 3.63) is 46.2 Å². The average molecular weight is 202 g/mol. The summed E-state index contributed by atoms with van der Waals surface area (Å²) >= 11 is 0. The zero-order chi connectivity index (χ0) is 10.8. The molecule has 1 aromatic carbocycles. The van der Waals surface area contributed by atoms with Crippen LogP contribution in [0.1, 0.15) is 10.5 Å². The summed E-state index contributed by atoms with van der Waals surface area (Å²) in [6.45, 7) is 0. The molecule has 76 valence electrons. The van der Waals surface area contributed by atoms with Crippen LogP contribution in [-0.2, 0) is 0 Å². The van der Waals surface area contributed by atoms with Crippen molar-refractivity contribution in [3.63, 3.8) is 0 Å². The van der Waals surface area contributed by atoms with Crippen LogP contribution in [0.15, 0.2) is 35.1 Å². The van der Waals surface area contributed by atoms with Gasteiger partial charge < -0.3 is 10.3 Å². The van der Waals surface area contributed by atoms with E-state index >= 15 is 0 Å². The Bertz CT molecular complexity index is 572. The average Bonchev–Trinajstić information content (AvgIpc) is 2.28. The summed E-state index contributed by atoms with van der Waals surface area (Å²) < 4.78 is 0. The minimum atomic E-state index is -0.294. The SMILES string of the molecule is CNC(=O)c1cc(=O)c2ccccc2[nH]1. The maximum absolute atomic E-state index is 11.6. The second-order valence-corrected chi connectivity index (χ2v) is 3.17. The van der Waals surface area contributed by atoms with Gasteiger partial charge in [-0.3, -0.25) is 9.59 Å². The first-order chi connectivity index (χ1) is 7.22. The van der Waals surface area contributed by atoms with Crippen LogP contribution in [0.5, 0.6) is 0 Å². The second kappa shape index (κ2) is 3.57. The maximum Gasteiger partial charge on any atom is 0.267 e. The van der Waals surface area contributed by atoms with E-state index < -0.39 is 0 Å². The summed E-state index contributed by atoms with van der Waals surface area (Å²) in [6, 6.07) is 8.40. The molecule has 0 fully saturated rings. The van der Waals surface area contributed by atoms with Crippen LogP contribution in [-0.4, -0.2) is 17.9 Å². The van der Waals surface area contributed by atoms with Crippen molar-refractivity contribution in [3.8, 4) is 0 Å². The fraction of sp³-hybridized carbons (Fsp3) is 0.0909. The van der Waals surface area contributed by atoms with E-state index in [0.29, 0.717) is 10.9 Å². The van der Waals surface area contributed by atoms with Crippen LogP contribution in [0.2, 0.25) is 0 Å². The minimum absolute atomic E-state index is 0.150. The number of H-pyrrole nitrogens is 1. The number of nitrogens with one attached hydrogen (secondary N) is 2. The number of carbonyl (C=O) groups excluding carboxylic acids is 1. The number of para-hydroxylation sites is 1. The lowest BCUT2D eigenvalue weighted by Crippen LogP contribution is -2.21. The third kappa shape index (κ3) is 1.61. The van der Waals surface area contributed by atoms with Crippen LogP contribution in [0.25, 0.3) is 10.9 Å². The molecule has 0 aliphatic carbocycles. The third-order valence-corrected chi connectivity index (χ3v) is 2.21. The highest BCUT2D eigenvalue weighted by atomic mass is 16.2. The van der Waals surface area contributed by atoms with Crippen LogP contribution in [0.3, 0.4) is 0 Å². The molecule has 1 heterocycles. The number of rotatable bonds is 1. The zero-order valence-corrected chi connectivity index (χ0v) is 8.20. The molecular formula is C11H10N2O2. The van der Waals surface area contributed by atoms with Gasteiger partial charge >= 0.3 is 0 Å². The maximum atomic E-state index is 11.6. The Balaban J connectivity index is 2.73. The van der Waals surface area contributed by atoms with Crippen LogP contribution >= 0.6 is 0 Å². The van der Waals surface area contributed by atoms with Crippen molar-refractivity contribution < 1.29 is 4.79 Å². The van der Waals surface area contributed by atoms with Gasteiger partial charge in [0.25, 0.3) is 5.91 Å². The number of fused-ring (bicyclic) bond motifs is 1. The Labute approximate surface area is 85.9 Å². The highest BCUT2D eigenvalue weighted by molar-refractivity contribution is 5.94. The van der Waals surface area contributed by atoms with Gasteiger partial charge in [-0.1, -0.05) is 12.1 Å². The molecule has 0 atom stereocenters. The Morgan fingerprint density at radius 3 is 2.80 bits per heavy atom. The van der Waals surface area contributed by atoms with E-state index in [-0.39, 0.29) is 17.0 Å². The second-order valence-electron chi connectivity index (χ2n) is 3.17. The lowest BCUT2D eigenvalue weighted by Gasteiger charge is -2.02. The predicted molar refractivity (Wildman–Crippen MR) is 58.0 cm³/mol. The molecule has 0 saturated heterocycles. The fourth-order valence-corrected chi connectivity index (χ4v) is 1.45. The van der Waals surface area contributed by atoms with Crippen molar-refractivity contribution in [2.75, 3.05) is 7.05 Å². The first-order valence-electron chi connectivity index (χ1n) is 4.56. The summed E-state index contributed by atoms with van der Waals surface area (Å²) in [5.41, 5.74) is 0.799. The van der Waals surface area contributed by atoms with Crippen molar-refractivity contribution >= 4 is 16.8 Å². The normalized spacial score (nSPS) is 10.2. The molecule has 0 spiro atoms. The van der Waals surface area contributed by atoms with E-state index in [1.807, 2.05) is 6.07 Å². The van der Waals surface area contributed by atoms with Crippen molar-refractivity contribution in [1.82, 2.24) is 10.3 Å². The van der Waals surface area contributed by atoms with Gasteiger partial charge in [0.15, 0.2) is 5.43 Å². The molecule has 0 radical (unpaired) electrons. The number of aromatic nitrogens is 1. The molecule has 0 bridgehead atoms. The molecule has 2 N–H and O–H groups in total. The topological polar surface area (TPSA) is 62.0 Å². The molecule has 0 saturated carbocycles. The molecule has 0 unspecified atom stereocenters. The van der Waals surface area contributed by atoms with E-state index in [1.165, 1.54) is 13.1 Å². The Hall–Kier alpha value is -2.10. The standard InChI is InChI=1S/C11H10N2O2/c1-12-11(15)9-6-10(14)7-4-2-3-5-8(7)13-9/h2-6H,1H3,(H,12,15)(H,13,14). The fourth-order valence-electron chi connectivity index (χ4n) is 1.45. The Morgan fingerprint density at radius 1 is 1.33 bits per heavy atom. The number of hydrogen-bond donors (Lipinski definition) is 2. The smallest absolute Gasteiger partial charge is 0.267 e. The third-order valence-electron chi connectivity index (χ3n) is 2.21. The summed E-state index contributed by atoms with van der Waals surface area (Å²) in [6.07, 6.45) is 0. The summed E-state index contributed by atoms with van der Waals surface area (Å²) in [5.74, 6) is -0.294. The molecule has 15 heavy (non-hydrogen) atoms. The van der Waals surface area contributed by atoms with Gasteiger partial charge in [-0.2, -0.15) is 0 Å². The zero-order valence-electron chi connectivity index (χ0n) is 8.20. The Kier molecular flexibility index (Phi) is 2.25. The Morgan fingerprint density at radius 2 is 2.07 bits per heavy atom. The van der Waals surface area contributed by atoms with Crippen LogP contribution in [0.4, 0.5) is 0 Å². The van der Waals surface area contributed by atoms with E-state index in [1.54, 1.807) is 18.2 Å². The van der Waals surface area contributed by atoms with E-state index in [2.05, 4.69) is 10.3 Å². The number of benzene rings is 1. The molecule has 4 nitrogen and oxygen atoms in total. The molecule has 1 aromatic heterocycles. The monoisotopic (exact) mass is 202 g/mol. The van der Waals surface area contributed by atoms with E-state index in [4.69, 9.17) is 0 Å². The van der Waals surface area contributed by atoms with Gasteiger partial charge in [-0.15, -0.1) is 0 Å². The van der Waals surface area contributed by atoms with Crippen molar-refractivity contribution in [2.24, 2.45) is 0 Å². The summed E-state index contributed by atoms with van der Waals surface area (Å²) in [5, 5.41) is 3.05.